The fourth-order valence-corrected chi connectivity index (χ4v) is 7.59. The molecule has 1 aliphatic rings. The van der Waals surface area contributed by atoms with E-state index in [4.69, 9.17) is 9.47 Å². The minimum absolute atomic E-state index is 0.188. The maximum atomic E-state index is 13.9. The molecule has 1 aliphatic heterocycles. The van der Waals surface area contributed by atoms with E-state index in [2.05, 4.69) is 82.2 Å². The van der Waals surface area contributed by atoms with Crippen LogP contribution in [0.1, 0.15) is 61.9 Å². The molecule has 0 radical (unpaired) electrons. The largest absolute Gasteiger partial charge is 0.488 e. The maximum Gasteiger partial charge on any atom is 0.338 e. The molecule has 2 heterocycles. The molecule has 0 unspecified atom stereocenters. The highest BCUT2D eigenvalue weighted by Gasteiger charge is 2.33. The van der Waals surface area contributed by atoms with Crippen LogP contribution in [0.5, 0.6) is 5.75 Å². The molecule has 1 atom stereocenters. The number of hydrogen-bond acceptors (Lipinski definition) is 6. The second-order valence-corrected chi connectivity index (χ2v) is 13.6. The van der Waals surface area contributed by atoms with Crippen LogP contribution >= 0.6 is 56.5 Å². The van der Waals surface area contributed by atoms with Crippen LogP contribution in [0.4, 0.5) is 0 Å². The van der Waals surface area contributed by atoms with E-state index in [1.807, 2.05) is 54.6 Å². The van der Waals surface area contributed by atoms with Crippen LogP contribution < -0.4 is 19.6 Å². The van der Waals surface area contributed by atoms with E-state index >= 15 is 0 Å². The van der Waals surface area contributed by atoms with E-state index in [9.17, 15) is 9.59 Å². The van der Waals surface area contributed by atoms with Gasteiger partial charge in [-0.05, 0) is 111 Å². The zero-order valence-electron chi connectivity index (χ0n) is 23.7. The molecule has 0 N–H and O–H groups in total. The summed E-state index contributed by atoms with van der Waals surface area (Å²) in [6, 6.07) is 21.5. The Hall–Kier alpha value is -2.77. The molecule has 0 saturated carbocycles. The average Bonchev–Trinajstić information content (AvgIpc) is 3.26. The van der Waals surface area contributed by atoms with E-state index in [1.165, 1.54) is 20.5 Å². The van der Waals surface area contributed by atoms with Crippen molar-refractivity contribution in [3.63, 3.8) is 0 Å². The van der Waals surface area contributed by atoms with Gasteiger partial charge in [0.25, 0.3) is 5.56 Å². The Balaban J connectivity index is 1.49. The zero-order chi connectivity index (χ0) is 30.0. The van der Waals surface area contributed by atoms with Gasteiger partial charge in [0.05, 0.1) is 32.0 Å². The Morgan fingerprint density at radius 2 is 1.79 bits per heavy atom. The summed E-state index contributed by atoms with van der Waals surface area (Å²) in [5.74, 6) is 0.766. The van der Waals surface area contributed by atoms with Crippen molar-refractivity contribution in [3.8, 4) is 5.75 Å². The number of nitrogens with zero attached hydrogens (tertiary/aromatic N) is 2. The van der Waals surface area contributed by atoms with Crippen molar-refractivity contribution in [2.45, 2.75) is 46.3 Å². The van der Waals surface area contributed by atoms with E-state index in [0.29, 0.717) is 33.1 Å². The molecule has 9 heteroatoms. The van der Waals surface area contributed by atoms with Crippen LogP contribution in [0.25, 0.3) is 6.08 Å². The molecule has 3 aromatic carbocycles. The number of allylic oxidation sites excluding steroid dienone is 1. The molecule has 0 saturated heterocycles. The van der Waals surface area contributed by atoms with Crippen LogP contribution in [0.15, 0.2) is 87.8 Å². The molecule has 1 aromatic heterocycles. The monoisotopic (exact) mass is 804 g/mol. The number of fused-ring (bicyclic) bond motifs is 1. The molecular formula is C33H30I2N2O4S. The van der Waals surface area contributed by atoms with Crippen molar-refractivity contribution >= 4 is 68.6 Å². The van der Waals surface area contributed by atoms with Gasteiger partial charge in [0.2, 0.25) is 0 Å². The number of hydrogen-bond donors (Lipinski definition) is 0. The van der Waals surface area contributed by atoms with Gasteiger partial charge < -0.3 is 9.47 Å². The van der Waals surface area contributed by atoms with Crippen molar-refractivity contribution < 1.29 is 14.3 Å². The Labute approximate surface area is 276 Å². The standard InChI is InChI=1S/C33H30I2N2O4S/c1-5-40-32(39)29-20(4)36-33-37(30(29)24-12-10-23(11-13-24)19(2)3)31(38)28(42-33)16-21-6-8-22(9-7-21)18-41-27-15-14-25(34)17-26(27)35/h6-17,19,30H,5,18H2,1-4H3/b28-16-/t30-/m1/s1. The van der Waals surface area contributed by atoms with Gasteiger partial charge in [-0.15, -0.1) is 0 Å². The minimum Gasteiger partial charge on any atom is -0.488 e. The molecule has 0 aliphatic carbocycles. The Bertz CT molecular complexity index is 1840. The van der Waals surface area contributed by atoms with Crippen molar-refractivity contribution in [3.05, 3.63) is 127 Å². The summed E-state index contributed by atoms with van der Waals surface area (Å²) in [4.78, 5) is 32.2. The molecule has 5 rings (SSSR count). The number of carbonyl (C=O) groups excluding carboxylic acids is 1. The van der Waals surface area contributed by atoms with Crippen LogP contribution in [-0.2, 0) is 16.1 Å². The van der Waals surface area contributed by atoms with Crippen LogP contribution in [0, 0.1) is 7.14 Å². The molecule has 4 aromatic rings. The number of carbonyl (C=O) groups is 1. The quantitative estimate of drug-likeness (QED) is 0.147. The summed E-state index contributed by atoms with van der Waals surface area (Å²) in [5, 5.41) is 0. The first-order valence-corrected chi connectivity index (χ1v) is 16.6. The van der Waals surface area contributed by atoms with Crippen molar-refractivity contribution in [2.75, 3.05) is 6.61 Å². The predicted molar refractivity (Wildman–Crippen MR) is 184 cm³/mol. The molecule has 216 valence electrons. The van der Waals surface area contributed by atoms with E-state index in [1.54, 1.807) is 18.4 Å². The SMILES string of the molecule is CCOC(=O)C1=C(C)N=c2s/c(=C\c3ccc(COc4ccc(I)cc4I)cc3)c(=O)n2[C@@H]1c1ccc(C(C)C)cc1. The second-order valence-electron chi connectivity index (χ2n) is 10.2. The number of thiazole rings is 1. The zero-order valence-corrected chi connectivity index (χ0v) is 28.8. The highest BCUT2D eigenvalue weighted by molar-refractivity contribution is 14.1. The first-order valence-electron chi connectivity index (χ1n) is 13.6. The van der Waals surface area contributed by atoms with Crippen LogP contribution in [0.3, 0.4) is 0 Å². The smallest absolute Gasteiger partial charge is 0.338 e. The topological polar surface area (TPSA) is 69.9 Å². The molecule has 0 fully saturated rings. The summed E-state index contributed by atoms with van der Waals surface area (Å²) >= 11 is 5.89. The van der Waals surface area contributed by atoms with Gasteiger partial charge in [-0.1, -0.05) is 73.7 Å². The lowest BCUT2D eigenvalue weighted by Crippen LogP contribution is -2.39. The molecular weight excluding hydrogens is 774 g/mol. The Kier molecular flexibility index (Phi) is 9.68. The Morgan fingerprint density at radius 1 is 1.07 bits per heavy atom. The van der Waals surface area contributed by atoms with E-state index < -0.39 is 12.0 Å². The highest BCUT2D eigenvalue weighted by Crippen LogP contribution is 2.31. The third kappa shape index (κ3) is 6.57. The van der Waals surface area contributed by atoms with Gasteiger partial charge in [-0.2, -0.15) is 0 Å². The summed E-state index contributed by atoms with van der Waals surface area (Å²) in [6.07, 6.45) is 1.87. The van der Waals surface area contributed by atoms with Gasteiger partial charge in [-0.25, -0.2) is 9.79 Å². The molecule has 0 amide bonds. The number of esters is 1. The third-order valence-electron chi connectivity index (χ3n) is 7.00. The molecule has 0 bridgehead atoms. The number of benzene rings is 3. The molecule has 0 spiro atoms. The van der Waals surface area contributed by atoms with Crippen molar-refractivity contribution in [1.29, 1.82) is 0 Å². The summed E-state index contributed by atoms with van der Waals surface area (Å²) < 4.78 is 15.8. The number of halogens is 2. The lowest BCUT2D eigenvalue weighted by molar-refractivity contribution is -0.139. The minimum atomic E-state index is -0.618. The van der Waals surface area contributed by atoms with Gasteiger partial charge in [0.15, 0.2) is 4.80 Å². The van der Waals surface area contributed by atoms with Crippen molar-refractivity contribution in [2.24, 2.45) is 4.99 Å². The molecule has 6 nitrogen and oxygen atoms in total. The average molecular weight is 804 g/mol. The number of ether oxygens (including phenoxy) is 2. The lowest BCUT2D eigenvalue weighted by atomic mass is 9.93. The third-order valence-corrected chi connectivity index (χ3v) is 9.50. The molecule has 42 heavy (non-hydrogen) atoms. The van der Waals surface area contributed by atoms with Crippen LogP contribution in [-0.4, -0.2) is 17.1 Å². The first kappa shape index (κ1) is 30.7. The second kappa shape index (κ2) is 13.3. The van der Waals surface area contributed by atoms with Crippen LogP contribution in [0.2, 0.25) is 0 Å². The highest BCUT2D eigenvalue weighted by atomic mass is 127. The van der Waals surface area contributed by atoms with Gasteiger partial charge >= 0.3 is 5.97 Å². The first-order chi connectivity index (χ1) is 20.2. The fraction of sp³-hybridized carbons (Fsp3) is 0.242. The summed E-state index contributed by atoms with van der Waals surface area (Å²) in [7, 11) is 0. The van der Waals surface area contributed by atoms with Gasteiger partial charge in [0, 0.05) is 3.57 Å². The number of aromatic nitrogens is 1. The fourth-order valence-electron chi connectivity index (χ4n) is 4.78. The van der Waals surface area contributed by atoms with Crippen molar-refractivity contribution in [1.82, 2.24) is 4.57 Å². The Morgan fingerprint density at radius 3 is 2.43 bits per heavy atom. The maximum absolute atomic E-state index is 13.9. The predicted octanol–water partition coefficient (Wildman–Crippen LogP) is 6.71. The van der Waals surface area contributed by atoms with E-state index in [0.717, 1.165) is 26.0 Å². The lowest BCUT2D eigenvalue weighted by Gasteiger charge is -2.25. The van der Waals surface area contributed by atoms with Gasteiger partial charge in [0.1, 0.15) is 12.4 Å². The van der Waals surface area contributed by atoms with E-state index in [-0.39, 0.29) is 12.2 Å². The van der Waals surface area contributed by atoms with Gasteiger partial charge in [-0.3, -0.25) is 9.36 Å². The summed E-state index contributed by atoms with van der Waals surface area (Å²) in [6.45, 7) is 8.54. The number of rotatable bonds is 8. The summed E-state index contributed by atoms with van der Waals surface area (Å²) in [5.41, 5.74) is 4.72. The normalized spacial score (nSPS) is 15.0.